The number of unbranched alkanes of at least 4 members (excludes halogenated alkanes) is 9. The number of nitrogens with zero attached hydrogens (tertiary/aromatic N) is 3. The van der Waals surface area contributed by atoms with Crippen LogP contribution in [0.4, 0.5) is 0 Å². The Bertz CT molecular complexity index is 883. The van der Waals surface area contributed by atoms with Crippen molar-refractivity contribution in [3.63, 3.8) is 0 Å². The number of benzene rings is 2. The van der Waals surface area contributed by atoms with E-state index in [1.54, 1.807) is 0 Å². The Balaban J connectivity index is 0.000000383. The van der Waals surface area contributed by atoms with E-state index in [0.29, 0.717) is 0 Å². The van der Waals surface area contributed by atoms with Gasteiger partial charge in [-0.25, -0.2) is 0 Å². The Morgan fingerprint density at radius 2 is 0.875 bits per heavy atom. The first-order valence-electron chi connectivity index (χ1n) is 19.7. The lowest BCUT2D eigenvalue weighted by Gasteiger charge is -2.34. The number of halogens is 1. The second-order valence-corrected chi connectivity index (χ2v) is 14.1. The smallest absolute Gasteiger partial charge is 0.0319 e. The van der Waals surface area contributed by atoms with Gasteiger partial charge in [0.1, 0.15) is 0 Å². The molecule has 276 valence electrons. The molecule has 2 aliphatic rings. The fourth-order valence-electron chi connectivity index (χ4n) is 6.29. The monoisotopic (exact) mass is 731 g/mol. The molecule has 2 aromatic carbocycles. The Labute approximate surface area is 306 Å². The van der Waals surface area contributed by atoms with Crippen molar-refractivity contribution in [1.29, 1.82) is 0 Å². The first-order valence-corrected chi connectivity index (χ1v) is 20.8. The maximum absolute atomic E-state index is 7.00. The number of aliphatic hydroxyl groups is 1. The topological polar surface area (TPSA) is 42.0 Å². The second kappa shape index (κ2) is 34.2. The lowest BCUT2D eigenvalue weighted by molar-refractivity contribution is 0.130. The summed E-state index contributed by atoms with van der Waals surface area (Å²) in [5.74, 6) is 0. The molecule has 5 nitrogen and oxygen atoms in total. The van der Waals surface area contributed by atoms with Crippen molar-refractivity contribution in [1.82, 2.24) is 20.0 Å². The first kappa shape index (κ1) is 44.7. The van der Waals surface area contributed by atoms with E-state index in [0.717, 1.165) is 20.2 Å². The lowest BCUT2D eigenvalue weighted by Crippen LogP contribution is -2.46. The van der Waals surface area contributed by atoms with E-state index in [9.17, 15) is 0 Å². The zero-order chi connectivity index (χ0) is 34.8. The van der Waals surface area contributed by atoms with Crippen molar-refractivity contribution in [3.8, 4) is 0 Å². The average molecular weight is 732 g/mol. The zero-order valence-corrected chi connectivity index (χ0v) is 33.1. The number of hydrogen-bond donors (Lipinski definition) is 2. The van der Waals surface area contributed by atoms with Gasteiger partial charge in [-0.3, -0.25) is 0 Å². The molecule has 6 heteroatoms. The molecule has 0 aliphatic carbocycles. The third kappa shape index (κ3) is 25.7. The van der Waals surface area contributed by atoms with Crippen LogP contribution in [0.5, 0.6) is 0 Å². The number of aryl methyl sites for hydroxylation is 2. The van der Waals surface area contributed by atoms with E-state index in [-0.39, 0.29) is 0 Å². The highest BCUT2D eigenvalue weighted by Gasteiger charge is 2.15. The van der Waals surface area contributed by atoms with Crippen LogP contribution in [0.1, 0.15) is 108 Å². The third-order valence-corrected chi connectivity index (χ3v) is 9.87. The molecule has 0 atom stereocenters. The fraction of sp³-hybridized carbons (Fsp3) is 0.714. The van der Waals surface area contributed by atoms with Gasteiger partial charge < -0.3 is 25.1 Å². The number of alkyl halides is 1. The first-order chi connectivity index (χ1) is 23.7. The molecule has 0 radical (unpaired) electrons. The number of piperazine rings is 2. The summed E-state index contributed by atoms with van der Waals surface area (Å²) >= 11 is 3.42. The van der Waals surface area contributed by atoms with Gasteiger partial charge in [-0.15, -0.1) is 0 Å². The summed E-state index contributed by atoms with van der Waals surface area (Å²) in [6.07, 6.45) is 20.4. The molecule has 2 saturated heterocycles. The van der Waals surface area contributed by atoms with Gasteiger partial charge in [-0.2, -0.15) is 0 Å². The maximum Gasteiger partial charge on any atom is 0.0319 e. The molecule has 0 aromatic heterocycles. The van der Waals surface area contributed by atoms with Crippen molar-refractivity contribution >= 4 is 15.9 Å². The van der Waals surface area contributed by atoms with Crippen molar-refractivity contribution < 1.29 is 5.11 Å². The predicted molar refractivity (Wildman–Crippen MR) is 216 cm³/mol. The number of nitrogens with one attached hydrogen (secondary N) is 1. The molecule has 2 fully saturated rings. The molecular formula is C42H75BrN4O. The van der Waals surface area contributed by atoms with Gasteiger partial charge in [0.05, 0.1) is 0 Å². The van der Waals surface area contributed by atoms with E-state index >= 15 is 0 Å². The van der Waals surface area contributed by atoms with Crippen molar-refractivity contribution in [2.75, 3.05) is 84.4 Å². The van der Waals surface area contributed by atoms with Gasteiger partial charge in [-0.1, -0.05) is 148 Å². The summed E-state index contributed by atoms with van der Waals surface area (Å²) in [4.78, 5) is 7.87. The van der Waals surface area contributed by atoms with Crippen LogP contribution < -0.4 is 5.32 Å². The highest BCUT2D eigenvalue weighted by molar-refractivity contribution is 9.09. The Hall–Kier alpha value is -1.28. The van der Waals surface area contributed by atoms with Crippen LogP contribution in [-0.4, -0.2) is 104 Å². The molecule has 2 N–H and O–H groups in total. The molecule has 2 aliphatic heterocycles. The molecule has 0 saturated carbocycles. The van der Waals surface area contributed by atoms with Crippen LogP contribution in [0, 0.1) is 0 Å². The molecule has 48 heavy (non-hydrogen) atoms. The normalized spacial score (nSPS) is 15.4. The van der Waals surface area contributed by atoms with Crippen LogP contribution in [0.25, 0.3) is 0 Å². The summed E-state index contributed by atoms with van der Waals surface area (Å²) in [5.41, 5.74) is 2.95. The summed E-state index contributed by atoms with van der Waals surface area (Å²) < 4.78 is 0. The minimum Gasteiger partial charge on any atom is -0.400 e. The number of rotatable bonds is 20. The zero-order valence-electron chi connectivity index (χ0n) is 31.5. The standard InChI is InChI=1S/C20H34N2.C13H20N2.C8H17Br.CH4O/c1-2-3-4-5-9-14-21-16-18-22(19-17-21)15-10-13-20-11-7-6-8-12-20;1-2-5-13(6-3-1)7-4-10-15-11-8-14-9-12-15;1-2-3-4-5-6-7-8-9;1-2/h6-8,11-12H,2-5,9-10,13-19H2,1H3;1-3,5-6,14H,4,7-12H2;2-8H2,1H3;2H,1H3. The quantitative estimate of drug-likeness (QED) is 0.105. The molecule has 0 bridgehead atoms. The van der Waals surface area contributed by atoms with Crippen molar-refractivity contribution in [2.24, 2.45) is 0 Å². The highest BCUT2D eigenvalue weighted by atomic mass is 79.9. The van der Waals surface area contributed by atoms with Crippen LogP contribution in [0.2, 0.25) is 0 Å². The number of aliphatic hydroxyl groups excluding tert-OH is 1. The van der Waals surface area contributed by atoms with Crippen LogP contribution >= 0.6 is 15.9 Å². The SMILES string of the molecule is CCCCCCCCBr.CCCCCCCN1CCN(CCCc2ccccc2)CC1.CO.c1ccc(CCCN2CCNCC2)cc1. The minimum absolute atomic E-state index is 1.00. The molecule has 0 unspecified atom stereocenters. The summed E-state index contributed by atoms with van der Waals surface area (Å²) in [5, 5.41) is 11.6. The molecule has 2 aromatic rings. The minimum atomic E-state index is 1.00. The largest absolute Gasteiger partial charge is 0.400 e. The van der Waals surface area contributed by atoms with E-state index < -0.39 is 0 Å². The van der Waals surface area contributed by atoms with E-state index in [4.69, 9.17) is 5.11 Å². The summed E-state index contributed by atoms with van der Waals surface area (Å²) in [7, 11) is 1.00. The van der Waals surface area contributed by atoms with Crippen LogP contribution in [0.15, 0.2) is 60.7 Å². The lowest BCUT2D eigenvalue weighted by atomic mass is 10.1. The Morgan fingerprint density at radius 1 is 0.500 bits per heavy atom. The maximum atomic E-state index is 7.00. The van der Waals surface area contributed by atoms with E-state index in [1.807, 2.05) is 0 Å². The molecule has 4 rings (SSSR count). The van der Waals surface area contributed by atoms with Gasteiger partial charge in [0.2, 0.25) is 0 Å². The predicted octanol–water partition coefficient (Wildman–Crippen LogP) is 9.08. The average Bonchev–Trinajstić information content (AvgIpc) is 3.15. The van der Waals surface area contributed by atoms with Gasteiger partial charge in [0, 0.05) is 64.8 Å². The van der Waals surface area contributed by atoms with Crippen molar-refractivity contribution in [3.05, 3.63) is 71.8 Å². The van der Waals surface area contributed by atoms with Crippen molar-refractivity contribution in [2.45, 2.75) is 110 Å². The molecule has 0 amide bonds. The third-order valence-electron chi connectivity index (χ3n) is 9.30. The highest BCUT2D eigenvalue weighted by Crippen LogP contribution is 2.09. The van der Waals surface area contributed by atoms with Gasteiger partial charge in [-0.05, 0) is 69.3 Å². The Kier molecular flexibility index (Phi) is 31.9. The second-order valence-electron chi connectivity index (χ2n) is 13.3. The Morgan fingerprint density at radius 3 is 1.31 bits per heavy atom. The van der Waals surface area contributed by atoms with Crippen LogP contribution in [-0.2, 0) is 12.8 Å². The van der Waals surface area contributed by atoms with Crippen LogP contribution in [0.3, 0.4) is 0 Å². The fourth-order valence-corrected chi connectivity index (χ4v) is 6.68. The van der Waals surface area contributed by atoms with E-state index in [1.165, 1.54) is 172 Å². The van der Waals surface area contributed by atoms with Gasteiger partial charge in [0.25, 0.3) is 0 Å². The molecular weight excluding hydrogens is 656 g/mol. The summed E-state index contributed by atoms with van der Waals surface area (Å²) in [6.45, 7) is 18.2. The molecule has 2 heterocycles. The molecule has 0 spiro atoms. The van der Waals surface area contributed by atoms with Gasteiger partial charge >= 0.3 is 0 Å². The van der Waals surface area contributed by atoms with E-state index in [2.05, 4.69) is 110 Å². The summed E-state index contributed by atoms with van der Waals surface area (Å²) in [6, 6.07) is 21.7. The van der Waals surface area contributed by atoms with Gasteiger partial charge in [0.15, 0.2) is 0 Å². The number of hydrogen-bond acceptors (Lipinski definition) is 5.